The first-order valence-corrected chi connectivity index (χ1v) is 12.6. The van der Waals surface area contributed by atoms with Crippen molar-refractivity contribution in [1.29, 1.82) is 0 Å². The Morgan fingerprint density at radius 1 is 1.23 bits per heavy atom. The number of benzene rings is 1. The maximum absolute atomic E-state index is 13.5. The molecule has 8 heteroatoms. The van der Waals surface area contributed by atoms with Gasteiger partial charge in [-0.1, -0.05) is 26.2 Å². The van der Waals surface area contributed by atoms with Crippen molar-refractivity contribution in [2.45, 2.75) is 75.3 Å². The van der Waals surface area contributed by atoms with E-state index < -0.39 is 15.4 Å². The molecular weight excluding hydrogens is 402 g/mol. The molecule has 1 heterocycles. The van der Waals surface area contributed by atoms with Crippen LogP contribution in [0.25, 0.3) is 0 Å². The van der Waals surface area contributed by atoms with Crippen LogP contribution in [0.2, 0.25) is 0 Å². The van der Waals surface area contributed by atoms with Gasteiger partial charge in [0.2, 0.25) is 0 Å². The summed E-state index contributed by atoms with van der Waals surface area (Å²) in [5.41, 5.74) is 5.86. The fourth-order valence-corrected chi connectivity index (χ4v) is 6.06. The van der Waals surface area contributed by atoms with Crippen LogP contribution in [0.3, 0.4) is 0 Å². The molecule has 30 heavy (non-hydrogen) atoms. The monoisotopic (exact) mass is 437 g/mol. The summed E-state index contributed by atoms with van der Waals surface area (Å²) in [5, 5.41) is 6.87. The Kier molecular flexibility index (Phi) is 6.97. The molecule has 168 valence electrons. The molecule has 2 aliphatic rings. The number of carbonyl (C=O) groups is 1. The molecule has 2 fully saturated rings. The largest absolute Gasteiger partial charge is 0.496 e. The van der Waals surface area contributed by atoms with Crippen LogP contribution < -0.4 is 21.1 Å². The van der Waals surface area contributed by atoms with E-state index in [2.05, 4.69) is 17.6 Å². The quantitative estimate of drug-likeness (QED) is 0.566. The summed E-state index contributed by atoms with van der Waals surface area (Å²) < 4.78 is 30.3. The van der Waals surface area contributed by atoms with Crippen LogP contribution in [-0.2, 0) is 9.84 Å². The van der Waals surface area contributed by atoms with Crippen LogP contribution in [0, 0.1) is 5.92 Å². The van der Waals surface area contributed by atoms with Crippen LogP contribution in [0.1, 0.15) is 69.2 Å². The fourth-order valence-electron chi connectivity index (χ4n) is 5.03. The molecule has 1 aromatic rings. The molecule has 7 nitrogen and oxygen atoms in total. The molecule has 4 N–H and O–H groups in total. The molecule has 1 aliphatic carbocycles. The van der Waals surface area contributed by atoms with Crippen molar-refractivity contribution in [2.24, 2.45) is 5.92 Å². The Morgan fingerprint density at radius 2 is 1.93 bits per heavy atom. The second-order valence-electron chi connectivity index (χ2n) is 8.71. The van der Waals surface area contributed by atoms with E-state index in [1.54, 1.807) is 6.92 Å². The molecule has 2 unspecified atom stereocenters. The number of amides is 1. The predicted molar refractivity (Wildman–Crippen MR) is 119 cm³/mol. The highest BCUT2D eigenvalue weighted by Gasteiger charge is 2.44. The number of nitrogen functional groups attached to an aromatic ring is 1. The molecule has 1 aromatic carbocycles. The van der Waals surface area contributed by atoms with Crippen molar-refractivity contribution in [1.82, 2.24) is 10.6 Å². The molecule has 1 saturated carbocycles. The van der Waals surface area contributed by atoms with Crippen molar-refractivity contribution < 1.29 is 17.9 Å². The topological polar surface area (TPSA) is 111 Å². The average Bonchev–Trinajstić information content (AvgIpc) is 3.29. The van der Waals surface area contributed by atoms with Gasteiger partial charge in [-0.2, -0.15) is 0 Å². The third kappa shape index (κ3) is 4.44. The molecule has 0 radical (unpaired) electrons. The predicted octanol–water partition coefficient (Wildman–Crippen LogP) is 2.89. The van der Waals surface area contributed by atoms with E-state index in [0.29, 0.717) is 5.92 Å². The van der Waals surface area contributed by atoms with E-state index >= 15 is 0 Å². The van der Waals surface area contributed by atoms with Gasteiger partial charge in [-0.3, -0.25) is 4.79 Å². The first-order chi connectivity index (χ1) is 14.2. The van der Waals surface area contributed by atoms with Crippen molar-refractivity contribution in [3.63, 3.8) is 0 Å². The van der Waals surface area contributed by atoms with Gasteiger partial charge in [0.25, 0.3) is 5.91 Å². The zero-order chi connectivity index (χ0) is 21.9. The SMILES string of the molecule is CCS(=O)(=O)c1cc(C(=O)NC(C)(C2CCCCC2)C2CCCN2)c(OC)cc1N. The van der Waals surface area contributed by atoms with Gasteiger partial charge in [-0.25, -0.2) is 8.42 Å². The van der Waals surface area contributed by atoms with Crippen molar-refractivity contribution >= 4 is 21.4 Å². The number of methoxy groups -OCH3 is 1. The highest BCUT2D eigenvalue weighted by atomic mass is 32.2. The Morgan fingerprint density at radius 3 is 2.50 bits per heavy atom. The van der Waals surface area contributed by atoms with E-state index in [4.69, 9.17) is 10.5 Å². The zero-order valence-corrected chi connectivity index (χ0v) is 19.1. The van der Waals surface area contributed by atoms with E-state index in [1.165, 1.54) is 38.5 Å². The van der Waals surface area contributed by atoms with Crippen LogP contribution in [0.15, 0.2) is 17.0 Å². The van der Waals surface area contributed by atoms with E-state index in [-0.39, 0.29) is 39.6 Å². The Hall–Kier alpha value is -1.80. The minimum atomic E-state index is -3.56. The van der Waals surface area contributed by atoms with Gasteiger partial charge in [0.05, 0.1) is 34.5 Å². The molecule has 1 aliphatic heterocycles. The van der Waals surface area contributed by atoms with Gasteiger partial charge in [-0.15, -0.1) is 0 Å². The zero-order valence-electron chi connectivity index (χ0n) is 18.3. The maximum atomic E-state index is 13.5. The summed E-state index contributed by atoms with van der Waals surface area (Å²) in [6.45, 7) is 4.65. The number of hydrogen-bond donors (Lipinski definition) is 3. The Balaban J connectivity index is 1.98. The van der Waals surface area contributed by atoms with Gasteiger partial charge in [0.15, 0.2) is 9.84 Å². The minimum Gasteiger partial charge on any atom is -0.496 e. The smallest absolute Gasteiger partial charge is 0.255 e. The van der Waals surface area contributed by atoms with Crippen LogP contribution >= 0.6 is 0 Å². The van der Waals surface area contributed by atoms with Crippen LogP contribution in [0.4, 0.5) is 5.69 Å². The molecule has 1 amide bonds. The third-order valence-corrected chi connectivity index (χ3v) is 8.70. The molecule has 0 aromatic heterocycles. The summed E-state index contributed by atoms with van der Waals surface area (Å²) in [4.78, 5) is 13.4. The summed E-state index contributed by atoms with van der Waals surface area (Å²) >= 11 is 0. The Labute approximate surface area is 180 Å². The van der Waals surface area contributed by atoms with Gasteiger partial charge in [-0.05, 0) is 51.1 Å². The first kappa shape index (κ1) is 22.9. The number of ether oxygens (including phenoxy) is 1. The van der Waals surface area contributed by atoms with Gasteiger partial charge in [0.1, 0.15) is 5.75 Å². The molecule has 2 atom stereocenters. The van der Waals surface area contributed by atoms with Gasteiger partial charge in [0, 0.05) is 12.1 Å². The van der Waals surface area contributed by atoms with Gasteiger partial charge < -0.3 is 21.1 Å². The summed E-state index contributed by atoms with van der Waals surface area (Å²) in [6, 6.07) is 3.00. The average molecular weight is 438 g/mol. The van der Waals surface area contributed by atoms with Crippen molar-refractivity contribution in [3.8, 4) is 5.75 Å². The highest BCUT2D eigenvalue weighted by molar-refractivity contribution is 7.91. The molecule has 0 bridgehead atoms. The molecule has 1 saturated heterocycles. The summed E-state index contributed by atoms with van der Waals surface area (Å²) in [5.74, 6) is 0.257. The number of nitrogens with one attached hydrogen (secondary N) is 2. The number of nitrogens with two attached hydrogens (primary N) is 1. The van der Waals surface area contributed by atoms with Crippen molar-refractivity contribution in [2.75, 3.05) is 25.1 Å². The summed E-state index contributed by atoms with van der Waals surface area (Å²) in [7, 11) is -2.11. The lowest BCUT2D eigenvalue weighted by molar-refractivity contribution is 0.0777. The van der Waals surface area contributed by atoms with E-state index in [0.717, 1.165) is 32.2 Å². The first-order valence-electron chi connectivity index (χ1n) is 11.0. The second-order valence-corrected chi connectivity index (χ2v) is 11.0. The number of carbonyl (C=O) groups excluding carboxylic acids is 1. The molecular formula is C22H35N3O4S. The maximum Gasteiger partial charge on any atom is 0.255 e. The molecule has 3 rings (SSSR count). The molecule has 0 spiro atoms. The highest BCUT2D eigenvalue weighted by Crippen LogP contribution is 2.38. The second kappa shape index (κ2) is 9.14. The lowest BCUT2D eigenvalue weighted by Gasteiger charge is -2.45. The van der Waals surface area contributed by atoms with E-state index in [1.807, 2.05) is 0 Å². The lowest BCUT2D eigenvalue weighted by Crippen LogP contribution is -2.62. The number of hydrogen-bond acceptors (Lipinski definition) is 6. The number of sulfone groups is 1. The van der Waals surface area contributed by atoms with Gasteiger partial charge >= 0.3 is 0 Å². The number of anilines is 1. The summed E-state index contributed by atoms with van der Waals surface area (Å²) in [6.07, 6.45) is 7.86. The normalized spacial score (nSPS) is 22.4. The minimum absolute atomic E-state index is 0.0192. The lowest BCUT2D eigenvalue weighted by atomic mass is 9.71. The Bertz CT molecular complexity index is 875. The fraction of sp³-hybridized carbons (Fsp3) is 0.682. The third-order valence-electron chi connectivity index (χ3n) is 6.91. The van der Waals surface area contributed by atoms with Crippen LogP contribution in [-0.4, -0.2) is 45.3 Å². The standard InChI is InChI=1S/C22H35N3O4S/c1-4-30(27,28)19-13-16(18(29-3)14-17(19)23)21(26)25-22(2,20-11-8-12-24-20)15-9-6-5-7-10-15/h13-15,20,24H,4-12,23H2,1-3H3,(H,25,26). The van der Waals surface area contributed by atoms with Crippen molar-refractivity contribution in [3.05, 3.63) is 17.7 Å². The number of rotatable bonds is 7. The van der Waals surface area contributed by atoms with Crippen LogP contribution in [0.5, 0.6) is 5.75 Å². The van der Waals surface area contributed by atoms with E-state index in [9.17, 15) is 13.2 Å².